The van der Waals surface area contributed by atoms with Crippen LogP contribution in [-0.2, 0) is 0 Å². The Hall–Kier alpha value is -2.41. The zero-order valence-electron chi connectivity index (χ0n) is 10.6. The molecule has 0 radical (unpaired) electrons. The Morgan fingerprint density at radius 2 is 2.05 bits per heavy atom. The second-order valence-electron chi connectivity index (χ2n) is 3.63. The van der Waals surface area contributed by atoms with Crippen LogP contribution in [0.1, 0.15) is 17.6 Å². The third kappa shape index (κ3) is 3.08. The molecule has 0 saturated heterocycles. The maximum Gasteiger partial charge on any atom is 0.322 e. The fraction of sp³-hybridized carbons (Fsp3) is 0.250. The average molecular weight is 262 g/mol. The van der Waals surface area contributed by atoms with Crippen molar-refractivity contribution in [3.8, 4) is 17.2 Å². The van der Waals surface area contributed by atoms with Crippen LogP contribution in [0.25, 0.3) is 11.5 Å². The van der Waals surface area contributed by atoms with Gasteiger partial charge < -0.3 is 9.15 Å². The van der Waals surface area contributed by atoms with Crippen molar-refractivity contribution in [2.75, 3.05) is 13.7 Å². The molecule has 1 amide bonds. The van der Waals surface area contributed by atoms with Crippen molar-refractivity contribution in [3.63, 3.8) is 0 Å². The largest absolute Gasteiger partial charge is 0.497 e. The number of ether oxygens (including phenoxy) is 1. The topological polar surface area (TPSA) is 89.3 Å². The minimum Gasteiger partial charge on any atom is -0.497 e. The number of hydrogen-bond donors (Lipinski definition) is 2. The van der Waals surface area contributed by atoms with E-state index in [1.807, 2.05) is 6.92 Å². The van der Waals surface area contributed by atoms with Gasteiger partial charge in [-0.05, 0) is 24.3 Å². The Labute approximate surface area is 109 Å². The van der Waals surface area contributed by atoms with Crippen LogP contribution >= 0.6 is 0 Å². The van der Waals surface area contributed by atoms with Gasteiger partial charge in [-0.15, -0.1) is 10.2 Å². The van der Waals surface area contributed by atoms with Crippen molar-refractivity contribution in [1.82, 2.24) is 21.0 Å². The van der Waals surface area contributed by atoms with Crippen molar-refractivity contribution in [2.24, 2.45) is 0 Å². The molecule has 0 aliphatic carbocycles. The minimum atomic E-state index is -0.464. The molecule has 100 valence electrons. The molecule has 7 nitrogen and oxygen atoms in total. The van der Waals surface area contributed by atoms with Crippen LogP contribution in [0.3, 0.4) is 0 Å². The lowest BCUT2D eigenvalue weighted by Crippen LogP contribution is -2.37. The summed E-state index contributed by atoms with van der Waals surface area (Å²) < 4.78 is 10.3. The highest BCUT2D eigenvalue weighted by Gasteiger charge is 2.15. The minimum absolute atomic E-state index is 0.0910. The first-order chi connectivity index (χ1) is 9.24. The van der Waals surface area contributed by atoms with Gasteiger partial charge in [-0.25, -0.2) is 5.43 Å². The second-order valence-corrected chi connectivity index (χ2v) is 3.63. The number of hydrazine groups is 1. The zero-order valence-corrected chi connectivity index (χ0v) is 10.6. The van der Waals surface area contributed by atoms with Crippen molar-refractivity contribution in [3.05, 3.63) is 30.2 Å². The van der Waals surface area contributed by atoms with Gasteiger partial charge in [0.05, 0.1) is 7.11 Å². The molecule has 2 rings (SSSR count). The fourth-order valence-electron chi connectivity index (χ4n) is 1.39. The van der Waals surface area contributed by atoms with E-state index >= 15 is 0 Å². The summed E-state index contributed by atoms with van der Waals surface area (Å²) in [6, 6.07) is 7.10. The molecule has 0 atom stereocenters. The van der Waals surface area contributed by atoms with Gasteiger partial charge >= 0.3 is 11.8 Å². The van der Waals surface area contributed by atoms with Crippen LogP contribution in [0.4, 0.5) is 0 Å². The Morgan fingerprint density at radius 3 is 2.68 bits per heavy atom. The highest BCUT2D eigenvalue weighted by Crippen LogP contribution is 2.20. The first-order valence-electron chi connectivity index (χ1n) is 5.75. The van der Waals surface area contributed by atoms with Gasteiger partial charge in [-0.3, -0.25) is 10.2 Å². The molecule has 1 heterocycles. The molecule has 0 saturated carbocycles. The second kappa shape index (κ2) is 5.96. The molecule has 0 spiro atoms. The van der Waals surface area contributed by atoms with E-state index in [1.54, 1.807) is 31.4 Å². The lowest BCUT2D eigenvalue weighted by molar-refractivity contribution is 0.0900. The third-order valence-electron chi connectivity index (χ3n) is 2.33. The molecule has 0 aliphatic heterocycles. The number of nitrogens with zero attached hydrogens (tertiary/aromatic N) is 2. The molecule has 19 heavy (non-hydrogen) atoms. The van der Waals surface area contributed by atoms with E-state index in [2.05, 4.69) is 21.0 Å². The molecule has 1 aromatic heterocycles. The van der Waals surface area contributed by atoms with Gasteiger partial charge in [0.2, 0.25) is 5.89 Å². The van der Waals surface area contributed by atoms with Gasteiger partial charge in [0.25, 0.3) is 0 Å². The number of amides is 1. The van der Waals surface area contributed by atoms with Gasteiger partial charge in [-0.2, -0.15) is 0 Å². The van der Waals surface area contributed by atoms with Gasteiger partial charge in [-0.1, -0.05) is 6.92 Å². The predicted octanol–water partition coefficient (Wildman–Crippen LogP) is 0.999. The summed E-state index contributed by atoms with van der Waals surface area (Å²) in [5, 5.41) is 7.51. The Kier molecular flexibility index (Phi) is 4.09. The molecule has 0 bridgehead atoms. The van der Waals surface area contributed by atoms with E-state index < -0.39 is 5.91 Å². The summed E-state index contributed by atoms with van der Waals surface area (Å²) in [7, 11) is 1.59. The van der Waals surface area contributed by atoms with Gasteiger partial charge in [0, 0.05) is 12.1 Å². The Bertz CT molecular complexity index is 550. The number of methoxy groups -OCH3 is 1. The van der Waals surface area contributed by atoms with Crippen molar-refractivity contribution >= 4 is 5.91 Å². The zero-order chi connectivity index (χ0) is 13.7. The summed E-state index contributed by atoms with van der Waals surface area (Å²) in [5.41, 5.74) is 5.81. The first kappa shape index (κ1) is 13.0. The van der Waals surface area contributed by atoms with Crippen molar-refractivity contribution < 1.29 is 13.9 Å². The highest BCUT2D eigenvalue weighted by molar-refractivity contribution is 5.89. The third-order valence-corrected chi connectivity index (χ3v) is 2.33. The molecule has 2 aromatic rings. The maximum atomic E-state index is 11.6. The molecule has 0 aliphatic rings. The molecular weight excluding hydrogens is 248 g/mol. The summed E-state index contributed by atoms with van der Waals surface area (Å²) in [6.45, 7) is 2.46. The highest BCUT2D eigenvalue weighted by atomic mass is 16.5. The molecule has 0 fully saturated rings. The van der Waals surface area contributed by atoms with Crippen molar-refractivity contribution in [1.29, 1.82) is 0 Å². The maximum absolute atomic E-state index is 11.6. The number of nitrogens with one attached hydrogen (secondary N) is 2. The average Bonchev–Trinajstić information content (AvgIpc) is 2.94. The van der Waals surface area contributed by atoms with Crippen molar-refractivity contribution in [2.45, 2.75) is 6.92 Å². The van der Waals surface area contributed by atoms with Crippen LogP contribution in [0.15, 0.2) is 28.7 Å². The SMILES string of the molecule is CCNNC(=O)c1nnc(-c2ccc(OC)cc2)o1. The van der Waals surface area contributed by atoms with E-state index in [-0.39, 0.29) is 11.8 Å². The van der Waals surface area contributed by atoms with Crippen LogP contribution in [0.2, 0.25) is 0 Å². The fourth-order valence-corrected chi connectivity index (χ4v) is 1.39. The van der Waals surface area contributed by atoms with Crippen LogP contribution < -0.4 is 15.6 Å². The van der Waals surface area contributed by atoms with E-state index in [1.165, 1.54) is 0 Å². The molecule has 7 heteroatoms. The van der Waals surface area contributed by atoms with E-state index in [9.17, 15) is 4.79 Å². The summed E-state index contributed by atoms with van der Waals surface area (Å²) in [5.74, 6) is 0.457. The molecule has 0 unspecified atom stereocenters. The summed E-state index contributed by atoms with van der Waals surface area (Å²) >= 11 is 0. The van der Waals surface area contributed by atoms with Crippen LogP contribution in [0, 0.1) is 0 Å². The first-order valence-corrected chi connectivity index (χ1v) is 5.75. The Morgan fingerprint density at radius 1 is 1.32 bits per heavy atom. The predicted molar refractivity (Wildman–Crippen MR) is 67.4 cm³/mol. The summed E-state index contributed by atoms with van der Waals surface area (Å²) in [6.07, 6.45) is 0. The van der Waals surface area contributed by atoms with E-state index in [0.717, 1.165) is 11.3 Å². The van der Waals surface area contributed by atoms with Crippen LogP contribution in [0.5, 0.6) is 5.75 Å². The lowest BCUT2D eigenvalue weighted by atomic mass is 10.2. The number of carbonyl (C=O) groups is 1. The quantitative estimate of drug-likeness (QED) is 0.781. The van der Waals surface area contributed by atoms with Crippen LogP contribution in [-0.4, -0.2) is 29.8 Å². The smallest absolute Gasteiger partial charge is 0.322 e. The summed E-state index contributed by atoms with van der Waals surface area (Å²) in [4.78, 5) is 11.6. The normalized spacial score (nSPS) is 10.2. The monoisotopic (exact) mass is 262 g/mol. The number of rotatable bonds is 5. The number of aromatic nitrogens is 2. The number of carbonyl (C=O) groups excluding carboxylic acids is 1. The van der Waals surface area contributed by atoms with E-state index in [4.69, 9.17) is 9.15 Å². The number of benzene rings is 1. The lowest BCUT2D eigenvalue weighted by Gasteiger charge is -2.00. The molecular formula is C12H14N4O3. The molecule has 2 N–H and O–H groups in total. The molecule has 1 aromatic carbocycles. The van der Waals surface area contributed by atoms with E-state index in [0.29, 0.717) is 6.54 Å². The standard InChI is InChI=1S/C12H14N4O3/c1-3-13-14-10(17)12-16-15-11(19-12)8-4-6-9(18-2)7-5-8/h4-7,13H,3H2,1-2H3,(H,14,17). The number of hydrogen-bond acceptors (Lipinski definition) is 6. The van der Waals surface area contributed by atoms with Gasteiger partial charge in [0.1, 0.15) is 5.75 Å². The Balaban J connectivity index is 2.13. The van der Waals surface area contributed by atoms with Gasteiger partial charge in [0.15, 0.2) is 0 Å².